The molecule has 3 unspecified atom stereocenters. The van der Waals surface area contributed by atoms with Gasteiger partial charge in [-0.2, -0.15) is 9.97 Å². The average Bonchev–Trinajstić information content (AvgIpc) is 3.53. The lowest BCUT2D eigenvalue weighted by Gasteiger charge is -2.22. The van der Waals surface area contributed by atoms with Crippen LogP contribution < -0.4 is 26.6 Å². The van der Waals surface area contributed by atoms with Gasteiger partial charge < -0.3 is 35.5 Å². The van der Waals surface area contributed by atoms with Gasteiger partial charge in [0, 0.05) is 10.8 Å². The van der Waals surface area contributed by atoms with E-state index >= 15 is 0 Å². The van der Waals surface area contributed by atoms with Crippen molar-refractivity contribution in [3.05, 3.63) is 29.8 Å². The second-order valence-electron chi connectivity index (χ2n) is 9.53. The van der Waals surface area contributed by atoms with Crippen LogP contribution in [0.3, 0.4) is 0 Å². The molecule has 208 valence electrons. The lowest BCUT2D eigenvalue weighted by molar-refractivity contribution is -0.147. The zero-order chi connectivity index (χ0) is 27.1. The van der Waals surface area contributed by atoms with Crippen LogP contribution in [0.25, 0.3) is 0 Å². The van der Waals surface area contributed by atoms with E-state index in [1.54, 1.807) is 11.4 Å². The van der Waals surface area contributed by atoms with Gasteiger partial charge in [-0.25, -0.2) is 0 Å². The molecule has 11 nitrogen and oxygen atoms in total. The Hall–Kier alpha value is -2.37. The number of methoxy groups -OCH3 is 1. The fraction of sp³-hybridized carbons (Fsp3) is 0.560. The molecule has 0 amide bonds. The Kier molecular flexibility index (Phi) is 10.3. The number of ether oxygens (including phenoxy) is 3. The highest BCUT2D eigenvalue weighted by molar-refractivity contribution is 8.53. The standard InChI is InChI=1S/C25H37N6O5PS/c1-15-8-4-7-11-19(15)38-37(28-13-20(32)35-17-9-5-6-10-17)34-14-18-12-16(2)23(36-18)29-22-21(26)24(33-3)31-25(27)30-22/h4,7-8,11,16-18,23,28H,5-6,9-10,12-14,26H2,1-3H3,(H3,27,29,30,31)/t16?,18-,23?,37?/m0/s1. The molecule has 6 N–H and O–H groups in total. The monoisotopic (exact) mass is 564 g/mol. The molecular weight excluding hydrogens is 527 g/mol. The van der Waals surface area contributed by atoms with E-state index < -0.39 is 7.50 Å². The van der Waals surface area contributed by atoms with Crippen molar-refractivity contribution in [3.8, 4) is 5.88 Å². The van der Waals surface area contributed by atoms with Crippen molar-refractivity contribution in [3.63, 3.8) is 0 Å². The van der Waals surface area contributed by atoms with E-state index in [9.17, 15) is 4.79 Å². The maximum Gasteiger partial charge on any atom is 0.320 e. The number of aryl methyl sites for hydroxylation is 1. The molecule has 4 atom stereocenters. The highest BCUT2D eigenvalue weighted by Gasteiger charge is 2.34. The maximum atomic E-state index is 12.4. The molecule has 38 heavy (non-hydrogen) atoms. The second kappa shape index (κ2) is 13.6. The molecule has 0 radical (unpaired) electrons. The molecule has 1 aliphatic carbocycles. The zero-order valence-corrected chi connectivity index (χ0v) is 23.7. The summed E-state index contributed by atoms with van der Waals surface area (Å²) in [5, 5.41) is 6.50. The van der Waals surface area contributed by atoms with Crippen molar-refractivity contribution in [2.75, 3.05) is 37.0 Å². The molecule has 0 spiro atoms. The Bertz CT molecular complexity index is 1090. The molecular formula is C25H37N6O5PS. The van der Waals surface area contributed by atoms with Crippen LogP contribution in [0.4, 0.5) is 17.5 Å². The number of nitrogens with one attached hydrogen (secondary N) is 2. The summed E-state index contributed by atoms with van der Waals surface area (Å²) in [6.07, 6.45) is 4.45. The van der Waals surface area contributed by atoms with E-state index in [2.05, 4.69) is 46.4 Å². The van der Waals surface area contributed by atoms with Crippen LogP contribution in [0.15, 0.2) is 29.2 Å². The van der Waals surface area contributed by atoms with E-state index in [0.29, 0.717) is 12.4 Å². The fourth-order valence-electron chi connectivity index (χ4n) is 4.45. The number of benzene rings is 1. The molecule has 2 fully saturated rings. The van der Waals surface area contributed by atoms with Gasteiger partial charge in [-0.3, -0.25) is 9.88 Å². The van der Waals surface area contributed by atoms with E-state index in [4.69, 9.17) is 30.2 Å². The van der Waals surface area contributed by atoms with Crippen LogP contribution in [0, 0.1) is 12.8 Å². The fourth-order valence-corrected chi connectivity index (χ4v) is 7.63. The Morgan fingerprint density at radius 3 is 2.74 bits per heavy atom. The lowest BCUT2D eigenvalue weighted by atomic mass is 10.1. The van der Waals surface area contributed by atoms with E-state index in [0.717, 1.165) is 42.6 Å². The van der Waals surface area contributed by atoms with Crippen molar-refractivity contribution >= 4 is 42.3 Å². The Morgan fingerprint density at radius 2 is 2.00 bits per heavy atom. The predicted octanol–water partition coefficient (Wildman–Crippen LogP) is 4.23. The number of nitrogens with two attached hydrogens (primary N) is 2. The van der Waals surface area contributed by atoms with Gasteiger partial charge in [-0.15, -0.1) is 0 Å². The van der Waals surface area contributed by atoms with Gasteiger partial charge in [0.1, 0.15) is 18.0 Å². The first-order valence-electron chi connectivity index (χ1n) is 12.8. The minimum Gasteiger partial charge on any atom is -0.479 e. The highest BCUT2D eigenvalue weighted by Crippen LogP contribution is 2.52. The maximum absolute atomic E-state index is 12.4. The van der Waals surface area contributed by atoms with Crippen molar-refractivity contribution < 1.29 is 23.5 Å². The summed E-state index contributed by atoms with van der Waals surface area (Å²) < 4.78 is 23.3. The SMILES string of the molecule is COc1nc(N)nc(NC2O[C@H](COP(NCC(=O)OC3CCCC3)Sc3ccccc3C)CC2C)c1N. The predicted molar refractivity (Wildman–Crippen MR) is 150 cm³/mol. The number of hydrogen-bond acceptors (Lipinski definition) is 12. The Balaban J connectivity index is 1.34. The minimum absolute atomic E-state index is 0.0394. The lowest BCUT2D eigenvalue weighted by Crippen LogP contribution is -2.27. The van der Waals surface area contributed by atoms with Crippen LogP contribution in [-0.2, 0) is 18.8 Å². The topological polar surface area (TPSA) is 156 Å². The van der Waals surface area contributed by atoms with Crippen LogP contribution >= 0.6 is 18.9 Å². The summed E-state index contributed by atoms with van der Waals surface area (Å²) >= 11 is 1.59. The Morgan fingerprint density at radius 1 is 1.24 bits per heavy atom. The molecule has 1 saturated heterocycles. The third kappa shape index (κ3) is 7.83. The number of nitrogen functional groups attached to an aromatic ring is 2. The van der Waals surface area contributed by atoms with E-state index in [1.807, 2.05) is 12.1 Å². The van der Waals surface area contributed by atoms with E-state index in [-0.39, 0.29) is 54.4 Å². The van der Waals surface area contributed by atoms with Crippen molar-refractivity contribution in [2.24, 2.45) is 5.92 Å². The van der Waals surface area contributed by atoms with Gasteiger partial charge in [-0.1, -0.05) is 36.5 Å². The van der Waals surface area contributed by atoms with Crippen molar-refractivity contribution in [1.82, 2.24) is 15.1 Å². The smallest absolute Gasteiger partial charge is 0.320 e. The third-order valence-electron chi connectivity index (χ3n) is 6.50. The quantitative estimate of drug-likeness (QED) is 0.215. The zero-order valence-electron chi connectivity index (χ0n) is 22.0. The largest absolute Gasteiger partial charge is 0.479 e. The van der Waals surface area contributed by atoms with Crippen LogP contribution in [0.1, 0.15) is 44.6 Å². The number of rotatable bonds is 12. The third-order valence-corrected chi connectivity index (χ3v) is 9.91. The summed E-state index contributed by atoms with van der Waals surface area (Å²) in [6, 6.07) is 8.11. The molecule has 1 aromatic heterocycles. The summed E-state index contributed by atoms with van der Waals surface area (Å²) in [4.78, 5) is 21.7. The Labute approximate surface area is 228 Å². The normalized spacial score (nSPS) is 22.3. The molecule has 0 bridgehead atoms. The summed E-state index contributed by atoms with van der Waals surface area (Å²) in [7, 11) is 0.251. The molecule has 13 heteroatoms. The molecule has 2 heterocycles. The first-order valence-corrected chi connectivity index (χ1v) is 15.5. The number of esters is 1. The highest BCUT2D eigenvalue weighted by atomic mass is 32.7. The second-order valence-corrected chi connectivity index (χ2v) is 12.8. The molecule has 1 saturated carbocycles. The van der Waals surface area contributed by atoms with Gasteiger partial charge in [-0.05, 0) is 50.7 Å². The number of carbonyl (C=O) groups excluding carboxylic acids is 1. The first-order chi connectivity index (χ1) is 18.3. The number of anilines is 3. The number of aromatic nitrogens is 2. The van der Waals surface area contributed by atoms with Crippen LogP contribution in [0.2, 0.25) is 0 Å². The van der Waals surface area contributed by atoms with Crippen LogP contribution in [0.5, 0.6) is 5.88 Å². The first kappa shape index (κ1) is 28.6. The number of carbonyl (C=O) groups is 1. The van der Waals surface area contributed by atoms with Crippen LogP contribution in [-0.4, -0.2) is 54.6 Å². The average molecular weight is 565 g/mol. The molecule has 1 aliphatic heterocycles. The molecule has 1 aromatic carbocycles. The molecule has 2 aliphatic rings. The van der Waals surface area contributed by atoms with Gasteiger partial charge in [0.2, 0.25) is 11.8 Å². The van der Waals surface area contributed by atoms with Crippen molar-refractivity contribution in [1.29, 1.82) is 0 Å². The van der Waals surface area contributed by atoms with Gasteiger partial charge >= 0.3 is 5.97 Å². The number of hydrogen-bond donors (Lipinski definition) is 4. The summed E-state index contributed by atoms with van der Waals surface area (Å²) in [5.74, 6) is 0.551. The minimum atomic E-state index is -1.22. The van der Waals surface area contributed by atoms with Crippen molar-refractivity contribution in [2.45, 2.75) is 69.3 Å². The van der Waals surface area contributed by atoms with E-state index in [1.165, 1.54) is 7.11 Å². The van der Waals surface area contributed by atoms with Gasteiger partial charge in [0.05, 0.1) is 26.4 Å². The van der Waals surface area contributed by atoms with Gasteiger partial charge in [0.25, 0.3) is 0 Å². The molecule has 2 aromatic rings. The summed E-state index contributed by atoms with van der Waals surface area (Å²) in [5.41, 5.74) is 13.3. The molecule has 4 rings (SSSR count). The van der Waals surface area contributed by atoms with Gasteiger partial charge in [0.15, 0.2) is 13.3 Å². The number of nitrogens with zero attached hydrogens (tertiary/aromatic N) is 2. The summed E-state index contributed by atoms with van der Waals surface area (Å²) in [6.45, 7) is 4.60.